The Morgan fingerprint density at radius 3 is 2.64 bits per heavy atom. The van der Waals surface area contributed by atoms with Crippen molar-refractivity contribution in [2.45, 2.75) is 63.0 Å². The van der Waals surface area contributed by atoms with Gasteiger partial charge in [-0.3, -0.25) is 4.98 Å². The van der Waals surface area contributed by atoms with Crippen molar-refractivity contribution in [1.29, 1.82) is 0 Å². The predicted octanol–water partition coefficient (Wildman–Crippen LogP) is 2.44. The third-order valence-corrected chi connectivity index (χ3v) is 6.04. The van der Waals surface area contributed by atoms with Crippen LogP contribution in [0.5, 0.6) is 5.75 Å². The minimum atomic E-state index is -4.07. The number of nitrogens with zero attached hydrogens (tertiary/aromatic N) is 1. The molecule has 25 heavy (non-hydrogen) atoms. The quantitative estimate of drug-likeness (QED) is 0.852. The molecule has 2 amide bonds. The van der Waals surface area contributed by atoms with Crippen molar-refractivity contribution in [3.8, 4) is 5.75 Å². The maximum Gasteiger partial charge on any atom is 0.329 e. The number of pyridine rings is 1. The van der Waals surface area contributed by atoms with Crippen LogP contribution in [0.4, 0.5) is 4.79 Å². The van der Waals surface area contributed by atoms with E-state index >= 15 is 0 Å². The molecule has 2 aliphatic carbocycles. The molecule has 138 valence electrons. The van der Waals surface area contributed by atoms with Crippen LogP contribution in [-0.2, 0) is 10.0 Å². The van der Waals surface area contributed by atoms with Crippen molar-refractivity contribution in [3.05, 3.63) is 18.5 Å². The Morgan fingerprint density at radius 1 is 1.28 bits per heavy atom. The standard InChI is InChI=1S/C17H25N3O4S/c1-17(2,3)19-16(21)20-25(22,23)15-10-18-7-6-13(15)24-14-9-11-4-5-12(14)8-11/h6-7,10-12,14H,4-5,8-9H2,1-3H3,(H2,19,20,21)/t11-,12+,14-/m1/s1. The van der Waals surface area contributed by atoms with Gasteiger partial charge < -0.3 is 10.1 Å². The topological polar surface area (TPSA) is 97.4 Å². The molecule has 2 N–H and O–H groups in total. The van der Waals surface area contributed by atoms with Crippen LogP contribution in [0.2, 0.25) is 0 Å². The van der Waals surface area contributed by atoms with Crippen molar-refractivity contribution >= 4 is 16.1 Å². The lowest BCUT2D eigenvalue weighted by atomic mass is 9.98. The Hall–Kier alpha value is -1.83. The fourth-order valence-corrected chi connectivity index (χ4v) is 4.69. The number of aromatic nitrogens is 1. The number of urea groups is 1. The molecule has 2 aliphatic rings. The molecule has 2 fully saturated rings. The van der Waals surface area contributed by atoms with Gasteiger partial charge in [0.1, 0.15) is 16.7 Å². The summed E-state index contributed by atoms with van der Waals surface area (Å²) in [5.41, 5.74) is -0.545. The van der Waals surface area contributed by atoms with E-state index in [4.69, 9.17) is 4.74 Å². The van der Waals surface area contributed by atoms with Gasteiger partial charge in [0, 0.05) is 11.7 Å². The summed E-state index contributed by atoms with van der Waals surface area (Å²) in [6.07, 6.45) is 7.24. The fraction of sp³-hybridized carbons (Fsp3) is 0.647. The van der Waals surface area contributed by atoms with Crippen LogP contribution >= 0.6 is 0 Å². The van der Waals surface area contributed by atoms with Gasteiger partial charge in [0.2, 0.25) is 0 Å². The zero-order valence-corrected chi connectivity index (χ0v) is 15.6. The van der Waals surface area contributed by atoms with Gasteiger partial charge in [-0.05, 0) is 64.4 Å². The van der Waals surface area contributed by atoms with Crippen molar-refractivity contribution in [3.63, 3.8) is 0 Å². The van der Waals surface area contributed by atoms with Gasteiger partial charge in [0.25, 0.3) is 10.0 Å². The molecule has 0 saturated heterocycles. The number of amides is 2. The van der Waals surface area contributed by atoms with Crippen LogP contribution in [0, 0.1) is 11.8 Å². The van der Waals surface area contributed by atoms with Crippen LogP contribution in [0.3, 0.4) is 0 Å². The SMILES string of the molecule is CC(C)(C)NC(=O)NS(=O)(=O)c1cnccc1O[C@@H]1C[C@@H]2CC[C@H]1C2. The van der Waals surface area contributed by atoms with Crippen LogP contribution in [-0.4, -0.2) is 31.1 Å². The minimum Gasteiger partial charge on any atom is -0.489 e. The molecule has 1 aromatic heterocycles. The molecule has 3 atom stereocenters. The Morgan fingerprint density at radius 2 is 2.04 bits per heavy atom. The van der Waals surface area contributed by atoms with E-state index in [1.165, 1.54) is 18.8 Å². The van der Waals surface area contributed by atoms with Crippen LogP contribution in [0.15, 0.2) is 23.4 Å². The van der Waals surface area contributed by atoms with Crippen molar-refractivity contribution < 1.29 is 17.9 Å². The zero-order valence-electron chi connectivity index (χ0n) is 14.8. The smallest absolute Gasteiger partial charge is 0.329 e. The first-order chi connectivity index (χ1) is 11.6. The average molecular weight is 367 g/mol. The van der Waals surface area contributed by atoms with E-state index in [0.717, 1.165) is 19.3 Å². The molecule has 0 spiro atoms. The van der Waals surface area contributed by atoms with Crippen molar-refractivity contribution in [1.82, 2.24) is 15.0 Å². The van der Waals surface area contributed by atoms with Crippen LogP contribution in [0.1, 0.15) is 46.5 Å². The summed E-state index contributed by atoms with van der Waals surface area (Å²) >= 11 is 0. The number of carbonyl (C=O) groups excluding carboxylic acids is 1. The second kappa shape index (κ2) is 6.48. The summed E-state index contributed by atoms with van der Waals surface area (Å²) in [7, 11) is -4.07. The summed E-state index contributed by atoms with van der Waals surface area (Å²) < 4.78 is 33.2. The predicted molar refractivity (Wildman–Crippen MR) is 92.7 cm³/mol. The van der Waals surface area contributed by atoms with E-state index in [2.05, 4.69) is 10.3 Å². The van der Waals surface area contributed by atoms with E-state index in [1.54, 1.807) is 26.8 Å². The molecule has 1 heterocycles. The summed E-state index contributed by atoms with van der Waals surface area (Å²) in [5, 5.41) is 2.57. The Kier molecular flexibility index (Phi) is 4.66. The van der Waals surface area contributed by atoms with Gasteiger partial charge in [0.05, 0.1) is 6.20 Å². The second-order valence-corrected chi connectivity index (χ2v) is 9.61. The van der Waals surface area contributed by atoms with E-state index < -0.39 is 21.6 Å². The van der Waals surface area contributed by atoms with Gasteiger partial charge in [-0.2, -0.15) is 0 Å². The highest BCUT2D eigenvalue weighted by Crippen LogP contribution is 2.46. The third-order valence-electron chi connectivity index (χ3n) is 4.70. The van der Waals surface area contributed by atoms with E-state index in [9.17, 15) is 13.2 Å². The number of nitrogens with one attached hydrogen (secondary N) is 2. The maximum absolute atomic E-state index is 12.6. The summed E-state index contributed by atoms with van der Waals surface area (Å²) in [5.74, 6) is 1.43. The largest absolute Gasteiger partial charge is 0.489 e. The first-order valence-corrected chi connectivity index (χ1v) is 10.1. The molecule has 1 aromatic rings. The molecule has 3 rings (SSSR count). The van der Waals surface area contributed by atoms with Crippen LogP contribution in [0.25, 0.3) is 0 Å². The Bertz CT molecular complexity index is 757. The summed E-state index contributed by atoms with van der Waals surface area (Å²) in [4.78, 5) is 15.7. The highest BCUT2D eigenvalue weighted by atomic mass is 32.2. The summed E-state index contributed by atoms with van der Waals surface area (Å²) in [6, 6.07) is 0.768. The molecular formula is C17H25N3O4S. The molecule has 8 heteroatoms. The minimum absolute atomic E-state index is 0.0403. The number of hydrogen-bond donors (Lipinski definition) is 2. The number of fused-ring (bicyclic) bond motifs is 2. The maximum atomic E-state index is 12.6. The number of hydrogen-bond acceptors (Lipinski definition) is 5. The van der Waals surface area contributed by atoms with Gasteiger partial charge in [-0.15, -0.1) is 0 Å². The highest BCUT2D eigenvalue weighted by Gasteiger charge is 2.41. The van der Waals surface area contributed by atoms with Crippen LogP contribution < -0.4 is 14.8 Å². The second-order valence-electron chi connectivity index (χ2n) is 7.96. The Labute approximate surface area is 148 Å². The molecular weight excluding hydrogens is 342 g/mol. The third kappa shape index (κ3) is 4.23. The first-order valence-electron chi connectivity index (χ1n) is 8.60. The number of ether oxygens (including phenoxy) is 1. The monoisotopic (exact) mass is 367 g/mol. The molecule has 7 nitrogen and oxygen atoms in total. The number of carbonyl (C=O) groups is 1. The van der Waals surface area contributed by atoms with Crippen molar-refractivity contribution in [2.75, 3.05) is 0 Å². The highest BCUT2D eigenvalue weighted by molar-refractivity contribution is 7.90. The van der Waals surface area contributed by atoms with E-state index in [0.29, 0.717) is 11.8 Å². The number of sulfonamides is 1. The lowest BCUT2D eigenvalue weighted by Crippen LogP contribution is -2.48. The number of rotatable bonds is 4. The molecule has 0 aliphatic heterocycles. The molecule has 0 aromatic carbocycles. The van der Waals surface area contributed by atoms with Gasteiger partial charge in [-0.1, -0.05) is 0 Å². The van der Waals surface area contributed by atoms with E-state index in [-0.39, 0.29) is 16.7 Å². The lowest BCUT2D eigenvalue weighted by Gasteiger charge is -2.24. The average Bonchev–Trinajstić information content (AvgIpc) is 3.07. The van der Waals surface area contributed by atoms with Gasteiger partial charge in [-0.25, -0.2) is 17.9 Å². The normalized spacial score (nSPS) is 25.6. The zero-order chi connectivity index (χ0) is 18.2. The first kappa shape index (κ1) is 18.0. The van der Waals surface area contributed by atoms with E-state index in [1.807, 2.05) is 4.72 Å². The van der Waals surface area contributed by atoms with Gasteiger partial charge in [0.15, 0.2) is 0 Å². The Balaban J connectivity index is 1.76. The fourth-order valence-electron chi connectivity index (χ4n) is 3.70. The molecule has 0 radical (unpaired) electrons. The molecule has 2 bridgehead atoms. The lowest BCUT2D eigenvalue weighted by molar-refractivity contribution is 0.134. The van der Waals surface area contributed by atoms with Crippen molar-refractivity contribution in [2.24, 2.45) is 11.8 Å². The molecule has 0 unspecified atom stereocenters. The summed E-state index contributed by atoms with van der Waals surface area (Å²) in [6.45, 7) is 5.31. The van der Waals surface area contributed by atoms with Gasteiger partial charge >= 0.3 is 6.03 Å². The molecule has 2 saturated carbocycles.